The normalized spacial score (nSPS) is 16.9. The van der Waals surface area contributed by atoms with Crippen LogP contribution >= 0.6 is 11.8 Å². The monoisotopic (exact) mass is 451 g/mol. The minimum Gasteiger partial charge on any atom is -0.497 e. The number of hydrogen-bond acceptors (Lipinski definition) is 6. The molecule has 4 rings (SSSR count). The fourth-order valence-corrected chi connectivity index (χ4v) is 4.76. The fourth-order valence-electron chi connectivity index (χ4n) is 3.78. The van der Waals surface area contributed by atoms with Crippen LogP contribution in [0, 0.1) is 19.3 Å². The summed E-state index contributed by atoms with van der Waals surface area (Å²) in [4.78, 5) is 16.9. The van der Waals surface area contributed by atoms with Crippen molar-refractivity contribution in [3.63, 3.8) is 0 Å². The zero-order chi connectivity index (χ0) is 23.0. The summed E-state index contributed by atoms with van der Waals surface area (Å²) in [6.07, 6.45) is 3.45. The zero-order valence-corrected chi connectivity index (χ0v) is 19.5. The summed E-state index contributed by atoms with van der Waals surface area (Å²) < 4.78 is 13.0. The number of methoxy groups -OCH3 is 2. The number of rotatable bonds is 6. The third-order valence-electron chi connectivity index (χ3n) is 5.36. The number of aliphatic imine (C=N–C) groups is 1. The Morgan fingerprint density at radius 1 is 1.19 bits per heavy atom. The molecule has 0 fully saturated rings. The summed E-state index contributed by atoms with van der Waals surface area (Å²) in [6, 6.07) is 7.59. The van der Waals surface area contributed by atoms with Crippen LogP contribution in [-0.2, 0) is 4.79 Å². The lowest BCUT2D eigenvalue weighted by Gasteiger charge is -2.20. The van der Waals surface area contributed by atoms with Crippen LogP contribution < -0.4 is 9.47 Å². The Labute approximate surface area is 191 Å². The molecular weight excluding hydrogens is 426 g/mol. The van der Waals surface area contributed by atoms with Crippen LogP contribution in [0.1, 0.15) is 36.7 Å². The number of amides is 1. The van der Waals surface area contributed by atoms with Gasteiger partial charge in [-0.1, -0.05) is 6.92 Å². The lowest BCUT2D eigenvalue weighted by Crippen LogP contribution is -2.35. The molecule has 1 amide bonds. The van der Waals surface area contributed by atoms with Gasteiger partial charge < -0.3 is 14.0 Å². The predicted molar refractivity (Wildman–Crippen MR) is 128 cm³/mol. The SMILES string of the molecule is CCCC1=NN2C(=N)C(=Cc3cc(C)n(-c4cc(OC)ccc4OC)c3C)C(=O)N=C2S1. The van der Waals surface area contributed by atoms with Crippen molar-refractivity contribution < 1.29 is 14.3 Å². The van der Waals surface area contributed by atoms with Crippen LogP contribution in [-0.4, -0.2) is 45.7 Å². The second-order valence-electron chi connectivity index (χ2n) is 7.46. The minimum atomic E-state index is -0.425. The van der Waals surface area contributed by atoms with Gasteiger partial charge in [-0.3, -0.25) is 10.2 Å². The van der Waals surface area contributed by atoms with E-state index in [-0.39, 0.29) is 11.4 Å². The van der Waals surface area contributed by atoms with E-state index in [1.165, 1.54) is 16.8 Å². The van der Waals surface area contributed by atoms with Crippen molar-refractivity contribution in [2.75, 3.05) is 14.2 Å². The van der Waals surface area contributed by atoms with E-state index in [9.17, 15) is 4.79 Å². The number of hydrazone groups is 1. The third kappa shape index (κ3) is 3.73. The maximum absolute atomic E-state index is 12.7. The van der Waals surface area contributed by atoms with E-state index in [0.29, 0.717) is 16.7 Å². The number of fused-ring (bicyclic) bond motifs is 1. The van der Waals surface area contributed by atoms with Gasteiger partial charge in [-0.2, -0.15) is 15.1 Å². The zero-order valence-electron chi connectivity index (χ0n) is 18.7. The van der Waals surface area contributed by atoms with Gasteiger partial charge in [0.2, 0.25) is 5.17 Å². The number of carbonyl (C=O) groups excluding carboxylic acids is 1. The number of benzene rings is 1. The first-order chi connectivity index (χ1) is 15.4. The van der Waals surface area contributed by atoms with Gasteiger partial charge in [0.15, 0.2) is 5.84 Å². The number of nitrogens with one attached hydrogen (secondary N) is 1. The van der Waals surface area contributed by atoms with Crippen molar-refractivity contribution in [3.05, 3.63) is 46.8 Å². The topological polar surface area (TPSA) is 92.3 Å². The van der Waals surface area contributed by atoms with Crippen molar-refractivity contribution >= 4 is 39.8 Å². The molecular formula is C23H25N5O3S. The number of hydrogen-bond donors (Lipinski definition) is 1. The molecule has 0 saturated heterocycles. The molecule has 0 aliphatic carbocycles. The van der Waals surface area contributed by atoms with Gasteiger partial charge >= 0.3 is 0 Å². The Morgan fingerprint density at radius 2 is 1.97 bits per heavy atom. The van der Waals surface area contributed by atoms with Gasteiger partial charge in [0, 0.05) is 17.5 Å². The van der Waals surface area contributed by atoms with E-state index in [4.69, 9.17) is 14.9 Å². The van der Waals surface area contributed by atoms with E-state index in [1.54, 1.807) is 20.3 Å². The summed E-state index contributed by atoms with van der Waals surface area (Å²) >= 11 is 1.36. The molecule has 9 heteroatoms. The first kappa shape index (κ1) is 21.9. The highest BCUT2D eigenvalue weighted by atomic mass is 32.2. The minimum absolute atomic E-state index is 0.0439. The molecule has 0 bridgehead atoms. The average Bonchev–Trinajstić information content (AvgIpc) is 3.30. The van der Waals surface area contributed by atoms with Crippen LogP contribution in [0.5, 0.6) is 11.5 Å². The van der Waals surface area contributed by atoms with E-state index >= 15 is 0 Å². The summed E-state index contributed by atoms with van der Waals surface area (Å²) in [6.45, 7) is 6.01. The molecule has 3 heterocycles. The first-order valence-corrected chi connectivity index (χ1v) is 11.1. The highest BCUT2D eigenvalue weighted by Gasteiger charge is 2.35. The molecule has 0 unspecified atom stereocenters. The molecule has 32 heavy (non-hydrogen) atoms. The molecule has 2 aliphatic rings. The number of aromatic nitrogens is 1. The molecule has 0 radical (unpaired) electrons. The standard InChI is InChI=1S/C23H25N5O3S/c1-6-7-20-26-28-21(24)17(22(29)25-23(28)32-20)11-15-10-13(2)27(14(15)3)18-12-16(30-4)8-9-19(18)31-5/h8-12,24H,6-7H2,1-5H3. The lowest BCUT2D eigenvalue weighted by atomic mass is 10.1. The fraction of sp³-hybridized carbons (Fsp3) is 0.304. The first-order valence-electron chi connectivity index (χ1n) is 10.3. The number of carbonyl (C=O) groups is 1. The quantitative estimate of drug-likeness (QED) is 0.652. The Hall–Kier alpha value is -3.33. The highest BCUT2D eigenvalue weighted by molar-refractivity contribution is 8.26. The Kier molecular flexibility index (Phi) is 5.92. The van der Waals surface area contributed by atoms with Crippen LogP contribution in [0.2, 0.25) is 0 Å². The maximum Gasteiger partial charge on any atom is 0.283 e. The van der Waals surface area contributed by atoms with Crippen LogP contribution in [0.15, 0.2) is 39.9 Å². The van der Waals surface area contributed by atoms with Crippen molar-refractivity contribution in [1.29, 1.82) is 5.41 Å². The molecule has 1 aromatic heterocycles. The summed E-state index contributed by atoms with van der Waals surface area (Å²) in [5.74, 6) is 1.04. The average molecular weight is 452 g/mol. The second-order valence-corrected chi connectivity index (χ2v) is 8.50. The van der Waals surface area contributed by atoms with Crippen molar-refractivity contribution in [3.8, 4) is 17.2 Å². The predicted octanol–water partition coefficient (Wildman–Crippen LogP) is 4.53. The number of amidine groups is 2. The van der Waals surface area contributed by atoms with Gasteiger partial charge in [0.05, 0.1) is 25.5 Å². The Bertz CT molecular complexity index is 1210. The Balaban J connectivity index is 1.76. The lowest BCUT2D eigenvalue weighted by molar-refractivity contribution is -0.114. The molecule has 2 aromatic rings. The number of nitrogens with zero attached hydrogens (tertiary/aromatic N) is 4. The summed E-state index contributed by atoms with van der Waals surface area (Å²) in [5, 5.41) is 15.8. The van der Waals surface area contributed by atoms with E-state index < -0.39 is 5.91 Å². The molecule has 8 nitrogen and oxygen atoms in total. The molecule has 1 aromatic carbocycles. The highest BCUT2D eigenvalue weighted by Crippen LogP contribution is 2.33. The van der Waals surface area contributed by atoms with E-state index in [1.807, 2.05) is 42.7 Å². The maximum atomic E-state index is 12.7. The number of thioether (sulfide) groups is 1. The number of ether oxygens (including phenoxy) is 2. The van der Waals surface area contributed by atoms with Gasteiger partial charge in [-0.25, -0.2) is 0 Å². The van der Waals surface area contributed by atoms with Crippen LogP contribution in [0.4, 0.5) is 0 Å². The smallest absolute Gasteiger partial charge is 0.283 e. The molecule has 1 N–H and O–H groups in total. The van der Waals surface area contributed by atoms with Crippen LogP contribution in [0.25, 0.3) is 11.8 Å². The molecule has 2 aliphatic heterocycles. The summed E-state index contributed by atoms with van der Waals surface area (Å²) in [5.41, 5.74) is 3.74. The molecule has 0 spiro atoms. The summed E-state index contributed by atoms with van der Waals surface area (Å²) in [7, 11) is 3.25. The van der Waals surface area contributed by atoms with Crippen molar-refractivity contribution in [1.82, 2.24) is 9.58 Å². The van der Waals surface area contributed by atoms with Gasteiger partial charge in [-0.15, -0.1) is 0 Å². The molecule has 0 atom stereocenters. The van der Waals surface area contributed by atoms with Crippen molar-refractivity contribution in [2.24, 2.45) is 10.1 Å². The molecule has 0 saturated carbocycles. The van der Waals surface area contributed by atoms with Gasteiger partial charge in [0.25, 0.3) is 5.91 Å². The van der Waals surface area contributed by atoms with Crippen LogP contribution in [0.3, 0.4) is 0 Å². The third-order valence-corrected chi connectivity index (χ3v) is 6.33. The van der Waals surface area contributed by atoms with E-state index in [0.717, 1.165) is 40.5 Å². The largest absolute Gasteiger partial charge is 0.497 e. The Morgan fingerprint density at radius 3 is 2.66 bits per heavy atom. The molecule has 166 valence electrons. The second kappa shape index (κ2) is 8.66. The van der Waals surface area contributed by atoms with Gasteiger partial charge in [0.1, 0.15) is 16.5 Å². The number of aryl methyl sites for hydroxylation is 1. The van der Waals surface area contributed by atoms with Crippen molar-refractivity contribution in [2.45, 2.75) is 33.6 Å². The van der Waals surface area contributed by atoms with Gasteiger partial charge in [-0.05, 0) is 68.3 Å². The van der Waals surface area contributed by atoms with E-state index in [2.05, 4.69) is 17.0 Å².